The Hall–Kier alpha value is -0.900. The van der Waals surface area contributed by atoms with Gasteiger partial charge in [-0.2, -0.15) is 0 Å². The van der Waals surface area contributed by atoms with Crippen LogP contribution in [0.2, 0.25) is 0 Å². The molecule has 98 valence electrons. The van der Waals surface area contributed by atoms with Crippen molar-refractivity contribution in [2.24, 2.45) is 0 Å². The summed E-state index contributed by atoms with van der Waals surface area (Å²) in [5.41, 5.74) is 1.64. The molecule has 1 rings (SSSR count). The van der Waals surface area contributed by atoms with Crippen LogP contribution in [-0.2, 0) is 0 Å². The number of hydrogen-bond acceptors (Lipinski definition) is 4. The Kier molecular flexibility index (Phi) is 5.62. The molecule has 0 spiro atoms. The van der Waals surface area contributed by atoms with Crippen molar-refractivity contribution in [2.45, 2.75) is 39.5 Å². The van der Waals surface area contributed by atoms with E-state index in [0.717, 1.165) is 30.9 Å². The highest BCUT2D eigenvalue weighted by molar-refractivity contribution is 7.71. The quantitative estimate of drug-likeness (QED) is 0.571. The highest BCUT2D eigenvalue weighted by atomic mass is 32.1. The van der Waals surface area contributed by atoms with Crippen molar-refractivity contribution in [1.82, 2.24) is 0 Å². The summed E-state index contributed by atoms with van der Waals surface area (Å²) in [5.74, 6) is 0. The van der Waals surface area contributed by atoms with Crippen LogP contribution in [0.1, 0.15) is 41.0 Å². The van der Waals surface area contributed by atoms with Crippen molar-refractivity contribution >= 4 is 23.6 Å². The van der Waals surface area contributed by atoms with Crippen molar-refractivity contribution in [2.75, 3.05) is 30.4 Å². The van der Waals surface area contributed by atoms with E-state index in [-0.39, 0.29) is 6.86 Å². The van der Waals surface area contributed by atoms with E-state index in [9.17, 15) is 4.79 Å². The first-order valence-corrected chi connectivity index (χ1v) is 6.82. The molecule has 0 aliphatic rings. The molecule has 17 heavy (non-hydrogen) atoms. The minimum Gasteiger partial charge on any atom is -0.380 e. The van der Waals surface area contributed by atoms with E-state index < -0.39 is 0 Å². The van der Waals surface area contributed by atoms with Gasteiger partial charge in [-0.1, -0.05) is 38.4 Å². The van der Waals surface area contributed by atoms with Gasteiger partial charge in [0.25, 0.3) is 0 Å². The smallest absolute Gasteiger partial charge is 0.223 e. The lowest BCUT2D eigenvalue weighted by Gasteiger charge is -2.23. The van der Waals surface area contributed by atoms with Gasteiger partial charge in [-0.3, -0.25) is 4.79 Å². The van der Waals surface area contributed by atoms with Gasteiger partial charge < -0.3 is 10.2 Å². The first kappa shape index (κ1) is 14.2. The van der Waals surface area contributed by atoms with Gasteiger partial charge in [0, 0.05) is 21.6 Å². The fourth-order valence-corrected chi connectivity index (χ4v) is 2.19. The Morgan fingerprint density at radius 1 is 1.29 bits per heavy atom. The topological polar surface area (TPSA) is 32.3 Å². The summed E-state index contributed by atoms with van der Waals surface area (Å²) < 4.78 is 0.477. The molecule has 0 radical (unpaired) electrons. The van der Waals surface area contributed by atoms with Crippen LogP contribution in [0.3, 0.4) is 0 Å². The molecular formula is C13H24N2OS. The number of nitrogens with zero attached hydrogens (tertiary/aromatic N) is 1. The Morgan fingerprint density at radius 2 is 2.00 bits per heavy atom. The van der Waals surface area contributed by atoms with E-state index in [1.54, 1.807) is 0 Å². The predicted molar refractivity (Wildman–Crippen MR) is 79.6 cm³/mol. The molecule has 1 aromatic rings. The van der Waals surface area contributed by atoms with Crippen LogP contribution < -0.4 is 15.6 Å². The van der Waals surface area contributed by atoms with Crippen LogP contribution in [0.4, 0.5) is 11.4 Å². The summed E-state index contributed by atoms with van der Waals surface area (Å²) in [7, 11) is 1.97. The normalized spacial score (nSPS) is 10.8. The average molecular weight is 256 g/mol. The molecule has 0 heterocycles. The minimum absolute atomic E-state index is 0. The largest absolute Gasteiger partial charge is 0.380 e. The molecular weight excluding hydrogens is 232 g/mol. The molecule has 0 fully saturated rings. The van der Waals surface area contributed by atoms with Crippen LogP contribution in [0.5, 0.6) is 0 Å². The summed E-state index contributed by atoms with van der Waals surface area (Å²) >= 11 is 5.08. The number of nitrogens with one attached hydrogen (secondary N) is 1. The monoisotopic (exact) mass is 256 g/mol. The fraction of sp³-hybridized carbons (Fsp3) is 0.692. The average Bonchev–Trinajstić information content (AvgIpc) is 2.35. The lowest BCUT2D eigenvalue weighted by Crippen LogP contribution is -2.28. The molecule has 0 aromatic heterocycles. The summed E-state index contributed by atoms with van der Waals surface area (Å²) in [5, 5.41) is 3.22. The van der Waals surface area contributed by atoms with Crippen molar-refractivity contribution in [1.29, 1.82) is 0 Å². The van der Waals surface area contributed by atoms with Gasteiger partial charge in [0.2, 0.25) is 5.43 Å². The van der Waals surface area contributed by atoms with Crippen LogP contribution in [0.15, 0.2) is 4.79 Å². The van der Waals surface area contributed by atoms with Crippen molar-refractivity contribution in [3.63, 3.8) is 0 Å². The van der Waals surface area contributed by atoms with Gasteiger partial charge in [0.1, 0.15) is 10.2 Å². The number of hydrogen-bond donors (Lipinski definition) is 1. The lowest BCUT2D eigenvalue weighted by molar-refractivity contribution is 0.684. The molecule has 0 bridgehead atoms. The maximum atomic E-state index is 11.6. The Balaban J connectivity index is 0.00000289. The van der Waals surface area contributed by atoms with E-state index in [4.69, 9.17) is 12.2 Å². The molecule has 0 unspecified atom stereocenters. The van der Waals surface area contributed by atoms with Gasteiger partial charge in [0.15, 0.2) is 0 Å². The maximum absolute atomic E-state index is 11.6. The first-order chi connectivity index (χ1) is 8.13. The van der Waals surface area contributed by atoms with Gasteiger partial charge in [-0.15, -0.1) is 0 Å². The van der Waals surface area contributed by atoms with Crippen molar-refractivity contribution in [3.05, 3.63) is 14.7 Å². The van der Waals surface area contributed by atoms with E-state index in [1.807, 2.05) is 11.9 Å². The second-order valence-electron chi connectivity index (χ2n) is 4.38. The Bertz CT molecular complexity index is 427. The van der Waals surface area contributed by atoms with Crippen molar-refractivity contribution in [3.8, 4) is 0 Å². The third kappa shape index (κ3) is 3.28. The van der Waals surface area contributed by atoms with Crippen LogP contribution in [0, 0.1) is 4.51 Å². The molecule has 0 aliphatic heterocycles. The molecule has 0 saturated heterocycles. The van der Waals surface area contributed by atoms with Crippen LogP contribution in [0.25, 0.3) is 0 Å². The van der Waals surface area contributed by atoms with Gasteiger partial charge in [-0.25, -0.2) is 0 Å². The predicted octanol–water partition coefficient (Wildman–Crippen LogP) is 3.35. The minimum atomic E-state index is 0. The zero-order chi connectivity index (χ0) is 12.8. The molecule has 0 amide bonds. The van der Waals surface area contributed by atoms with Gasteiger partial charge in [-0.05, 0) is 13.3 Å². The van der Waals surface area contributed by atoms with Crippen LogP contribution >= 0.6 is 12.2 Å². The van der Waals surface area contributed by atoms with E-state index in [0.29, 0.717) is 4.51 Å². The summed E-state index contributed by atoms with van der Waals surface area (Å²) in [4.78, 5) is 13.6. The summed E-state index contributed by atoms with van der Waals surface area (Å²) in [6.45, 7) is 5.98. The number of anilines is 2. The SMILES string of the molecule is CCCCCCNc1c(N(C)CC)c(=S)c1=O.[HH]. The standard InChI is InChI=1S/C13H22N2OS.H2/c1-4-6-7-8-9-14-10-11(15(3)5-2)13(17)12(10)16;/h14H,4-9H2,1-3H3;1H. The first-order valence-electron chi connectivity index (χ1n) is 6.41. The van der Waals surface area contributed by atoms with E-state index >= 15 is 0 Å². The third-order valence-electron chi connectivity index (χ3n) is 3.07. The van der Waals surface area contributed by atoms with E-state index in [2.05, 4.69) is 19.2 Å². The molecule has 0 aliphatic carbocycles. The Morgan fingerprint density at radius 3 is 2.59 bits per heavy atom. The maximum Gasteiger partial charge on any atom is 0.223 e. The second kappa shape index (κ2) is 6.74. The molecule has 1 N–H and O–H groups in total. The zero-order valence-corrected chi connectivity index (χ0v) is 11.8. The highest BCUT2D eigenvalue weighted by Gasteiger charge is 2.19. The van der Waals surface area contributed by atoms with Crippen molar-refractivity contribution < 1.29 is 1.43 Å². The zero-order valence-electron chi connectivity index (χ0n) is 11.0. The van der Waals surface area contributed by atoms with Gasteiger partial charge >= 0.3 is 0 Å². The van der Waals surface area contributed by atoms with E-state index in [1.165, 1.54) is 19.3 Å². The summed E-state index contributed by atoms with van der Waals surface area (Å²) in [6, 6.07) is 0. The summed E-state index contributed by atoms with van der Waals surface area (Å²) in [6.07, 6.45) is 4.82. The number of rotatable bonds is 8. The number of unbranched alkanes of at least 4 members (excludes halogenated alkanes) is 3. The third-order valence-corrected chi connectivity index (χ3v) is 3.45. The Labute approximate surface area is 110 Å². The molecule has 0 atom stereocenters. The lowest BCUT2D eigenvalue weighted by atomic mass is 10.1. The molecule has 0 saturated carbocycles. The van der Waals surface area contributed by atoms with Crippen LogP contribution in [-0.4, -0.2) is 20.1 Å². The fourth-order valence-electron chi connectivity index (χ4n) is 1.83. The molecule has 3 nitrogen and oxygen atoms in total. The highest BCUT2D eigenvalue weighted by Crippen LogP contribution is 2.26. The van der Waals surface area contributed by atoms with Gasteiger partial charge in [0.05, 0.1) is 5.69 Å². The second-order valence-corrected chi connectivity index (χ2v) is 4.79. The molecule has 4 heteroatoms. The molecule has 1 aromatic carbocycles.